The summed E-state index contributed by atoms with van der Waals surface area (Å²) >= 11 is 11.6. The van der Waals surface area contributed by atoms with E-state index in [-0.39, 0.29) is 16.4 Å². The van der Waals surface area contributed by atoms with Gasteiger partial charge in [-0.05, 0) is 30.5 Å². The SMILES string of the molecule is CC(NS(=O)(=O)c1cc(Cl)cc(Cl)c1)C(C)(C)C. The zero-order valence-electron chi connectivity index (χ0n) is 10.8. The molecule has 1 unspecified atom stereocenters. The van der Waals surface area contributed by atoms with Crippen LogP contribution in [0.15, 0.2) is 23.1 Å². The Morgan fingerprint density at radius 3 is 1.94 bits per heavy atom. The standard InChI is InChI=1S/C12H17Cl2NO2S/c1-8(12(2,3)4)15-18(16,17)11-6-9(13)5-10(14)7-11/h5-8,15H,1-4H3. The molecule has 6 heteroatoms. The molecule has 0 spiro atoms. The van der Waals surface area contributed by atoms with Crippen molar-refractivity contribution in [3.63, 3.8) is 0 Å². The van der Waals surface area contributed by atoms with Crippen LogP contribution in [0.3, 0.4) is 0 Å². The molecule has 0 saturated carbocycles. The molecule has 3 nitrogen and oxygen atoms in total. The van der Waals surface area contributed by atoms with Crippen LogP contribution in [-0.2, 0) is 10.0 Å². The molecule has 0 aliphatic rings. The van der Waals surface area contributed by atoms with Crippen LogP contribution in [0.5, 0.6) is 0 Å². The molecular weight excluding hydrogens is 293 g/mol. The number of sulfonamides is 1. The zero-order valence-corrected chi connectivity index (χ0v) is 13.1. The van der Waals surface area contributed by atoms with Crippen molar-refractivity contribution in [2.45, 2.75) is 38.6 Å². The number of hydrogen-bond donors (Lipinski definition) is 1. The summed E-state index contributed by atoms with van der Waals surface area (Å²) in [6.45, 7) is 7.71. The predicted octanol–water partition coefficient (Wildman–Crippen LogP) is 3.71. The second-order valence-corrected chi connectivity index (χ2v) is 7.90. The summed E-state index contributed by atoms with van der Waals surface area (Å²) < 4.78 is 27.0. The monoisotopic (exact) mass is 309 g/mol. The van der Waals surface area contributed by atoms with Gasteiger partial charge in [-0.1, -0.05) is 44.0 Å². The van der Waals surface area contributed by atoms with E-state index in [1.807, 2.05) is 27.7 Å². The second-order valence-electron chi connectivity index (χ2n) is 5.31. The van der Waals surface area contributed by atoms with E-state index in [0.29, 0.717) is 10.0 Å². The maximum absolute atomic E-state index is 12.2. The van der Waals surface area contributed by atoms with Crippen LogP contribution in [0, 0.1) is 5.41 Å². The molecule has 0 aliphatic heterocycles. The fourth-order valence-electron chi connectivity index (χ4n) is 1.16. The topological polar surface area (TPSA) is 46.2 Å². The van der Waals surface area contributed by atoms with Gasteiger partial charge in [-0.3, -0.25) is 0 Å². The first-order valence-electron chi connectivity index (χ1n) is 5.51. The van der Waals surface area contributed by atoms with Crippen LogP contribution in [0.4, 0.5) is 0 Å². The fraction of sp³-hybridized carbons (Fsp3) is 0.500. The third kappa shape index (κ3) is 4.12. The van der Waals surface area contributed by atoms with Crippen molar-refractivity contribution in [1.82, 2.24) is 4.72 Å². The zero-order chi connectivity index (χ0) is 14.1. The van der Waals surface area contributed by atoms with Gasteiger partial charge in [-0.15, -0.1) is 0 Å². The highest BCUT2D eigenvalue weighted by Gasteiger charge is 2.26. The highest BCUT2D eigenvalue weighted by molar-refractivity contribution is 7.89. The molecule has 0 bridgehead atoms. The summed E-state index contributed by atoms with van der Waals surface area (Å²) in [5.74, 6) is 0. The minimum absolute atomic E-state index is 0.0797. The van der Waals surface area contributed by atoms with Crippen molar-refractivity contribution in [3.05, 3.63) is 28.2 Å². The van der Waals surface area contributed by atoms with Crippen molar-refractivity contribution in [3.8, 4) is 0 Å². The van der Waals surface area contributed by atoms with Crippen LogP contribution < -0.4 is 4.72 Å². The van der Waals surface area contributed by atoms with E-state index in [4.69, 9.17) is 23.2 Å². The number of halogens is 2. The molecule has 0 aromatic heterocycles. The van der Waals surface area contributed by atoms with Gasteiger partial charge in [0, 0.05) is 16.1 Å². The lowest BCUT2D eigenvalue weighted by Gasteiger charge is -2.27. The molecule has 0 heterocycles. The first-order valence-corrected chi connectivity index (χ1v) is 7.75. The molecule has 0 saturated heterocycles. The van der Waals surface area contributed by atoms with E-state index in [1.165, 1.54) is 18.2 Å². The highest BCUT2D eigenvalue weighted by atomic mass is 35.5. The van der Waals surface area contributed by atoms with Gasteiger partial charge >= 0.3 is 0 Å². The van der Waals surface area contributed by atoms with Gasteiger partial charge in [-0.2, -0.15) is 0 Å². The van der Waals surface area contributed by atoms with Gasteiger partial charge in [0.15, 0.2) is 0 Å². The van der Waals surface area contributed by atoms with E-state index in [9.17, 15) is 8.42 Å². The van der Waals surface area contributed by atoms with Crippen molar-refractivity contribution < 1.29 is 8.42 Å². The smallest absolute Gasteiger partial charge is 0.208 e. The van der Waals surface area contributed by atoms with Gasteiger partial charge in [0.1, 0.15) is 0 Å². The van der Waals surface area contributed by atoms with Crippen LogP contribution in [0.25, 0.3) is 0 Å². The minimum atomic E-state index is -3.61. The van der Waals surface area contributed by atoms with E-state index in [2.05, 4.69) is 4.72 Å². The largest absolute Gasteiger partial charge is 0.240 e. The fourth-order valence-corrected chi connectivity index (χ4v) is 3.34. The normalized spacial score (nSPS) is 14.6. The summed E-state index contributed by atoms with van der Waals surface area (Å²) in [4.78, 5) is 0.0797. The predicted molar refractivity (Wildman–Crippen MR) is 75.7 cm³/mol. The molecule has 102 valence electrons. The molecule has 1 aromatic rings. The Balaban J connectivity index is 3.07. The third-order valence-electron chi connectivity index (χ3n) is 2.78. The lowest BCUT2D eigenvalue weighted by atomic mass is 9.89. The van der Waals surface area contributed by atoms with Crippen molar-refractivity contribution >= 4 is 33.2 Å². The first-order chi connectivity index (χ1) is 8.02. The maximum atomic E-state index is 12.2. The van der Waals surface area contributed by atoms with E-state index in [0.717, 1.165) is 0 Å². The Kier molecular flexibility index (Phi) is 4.70. The number of rotatable bonds is 3. The van der Waals surface area contributed by atoms with Gasteiger partial charge < -0.3 is 0 Å². The van der Waals surface area contributed by atoms with Crippen molar-refractivity contribution in [2.75, 3.05) is 0 Å². The molecule has 1 rings (SSSR count). The molecule has 0 radical (unpaired) electrons. The Labute approximate surface area is 119 Å². The summed E-state index contributed by atoms with van der Waals surface area (Å²) in [7, 11) is -3.61. The number of hydrogen-bond acceptors (Lipinski definition) is 2. The van der Waals surface area contributed by atoms with Crippen LogP contribution in [-0.4, -0.2) is 14.5 Å². The molecule has 18 heavy (non-hydrogen) atoms. The Morgan fingerprint density at radius 1 is 1.11 bits per heavy atom. The second kappa shape index (κ2) is 5.37. The molecule has 0 amide bonds. The Morgan fingerprint density at radius 2 is 1.56 bits per heavy atom. The maximum Gasteiger partial charge on any atom is 0.240 e. The summed E-state index contributed by atoms with van der Waals surface area (Å²) in [5, 5.41) is 0.595. The van der Waals surface area contributed by atoms with Crippen LogP contribution >= 0.6 is 23.2 Å². The summed E-state index contributed by atoms with van der Waals surface area (Å²) in [6, 6.07) is 4.05. The van der Waals surface area contributed by atoms with E-state index < -0.39 is 10.0 Å². The highest BCUT2D eigenvalue weighted by Crippen LogP contribution is 2.24. The van der Waals surface area contributed by atoms with Gasteiger partial charge in [0.25, 0.3) is 0 Å². The minimum Gasteiger partial charge on any atom is -0.208 e. The van der Waals surface area contributed by atoms with Gasteiger partial charge in [0.05, 0.1) is 4.90 Å². The third-order valence-corrected chi connectivity index (χ3v) is 4.73. The average molecular weight is 310 g/mol. The van der Waals surface area contributed by atoms with Crippen LogP contribution in [0.2, 0.25) is 10.0 Å². The summed E-state index contributed by atoms with van der Waals surface area (Å²) in [5.41, 5.74) is -0.171. The van der Waals surface area contributed by atoms with Crippen molar-refractivity contribution in [2.24, 2.45) is 5.41 Å². The molecule has 0 fully saturated rings. The van der Waals surface area contributed by atoms with E-state index in [1.54, 1.807) is 0 Å². The van der Waals surface area contributed by atoms with Crippen molar-refractivity contribution in [1.29, 1.82) is 0 Å². The van der Waals surface area contributed by atoms with Gasteiger partial charge in [-0.25, -0.2) is 13.1 Å². The Hall–Kier alpha value is -0.290. The van der Waals surface area contributed by atoms with E-state index >= 15 is 0 Å². The van der Waals surface area contributed by atoms with Gasteiger partial charge in [0.2, 0.25) is 10.0 Å². The lowest BCUT2D eigenvalue weighted by Crippen LogP contribution is -2.41. The number of nitrogens with one attached hydrogen (secondary N) is 1. The molecular formula is C12H17Cl2NO2S. The molecule has 1 atom stereocenters. The molecule has 1 aromatic carbocycles. The molecule has 0 aliphatic carbocycles. The quantitative estimate of drug-likeness (QED) is 0.925. The number of benzene rings is 1. The summed E-state index contributed by atoms with van der Waals surface area (Å²) in [6.07, 6.45) is 0. The lowest BCUT2D eigenvalue weighted by molar-refractivity contribution is 0.317. The average Bonchev–Trinajstić information content (AvgIpc) is 2.13. The molecule has 1 N–H and O–H groups in total. The van der Waals surface area contributed by atoms with Crippen LogP contribution in [0.1, 0.15) is 27.7 Å². The Bertz CT molecular complexity index is 515. The first kappa shape index (κ1) is 15.8.